The lowest BCUT2D eigenvalue weighted by Gasteiger charge is -2.22. The van der Waals surface area contributed by atoms with Gasteiger partial charge in [0.2, 0.25) is 0 Å². The Morgan fingerprint density at radius 3 is 2.67 bits per heavy atom. The fraction of sp³-hybridized carbons (Fsp3) is 0.818. The van der Waals surface area contributed by atoms with Gasteiger partial charge in [-0.15, -0.1) is 0 Å². The van der Waals surface area contributed by atoms with Gasteiger partial charge in [-0.1, -0.05) is 19.3 Å². The molecule has 2 amide bonds. The Labute approximate surface area is 90.8 Å². The third-order valence-electron chi connectivity index (χ3n) is 2.72. The highest BCUT2D eigenvalue weighted by Gasteiger charge is 2.14. The number of nitrogens with one attached hydrogen (secondary N) is 2. The highest BCUT2D eigenvalue weighted by atomic mass is 16.2. The van der Waals surface area contributed by atoms with Crippen molar-refractivity contribution in [3.8, 4) is 0 Å². The molecular formula is C11H20N2O2. The van der Waals surface area contributed by atoms with Crippen molar-refractivity contribution >= 4 is 12.3 Å². The SMILES string of the molecule is O=CCCCNC(=O)NC1CCCCC1. The largest absolute Gasteiger partial charge is 0.338 e. The first-order valence-corrected chi connectivity index (χ1v) is 5.81. The minimum Gasteiger partial charge on any atom is -0.338 e. The van der Waals surface area contributed by atoms with Crippen molar-refractivity contribution in [1.29, 1.82) is 0 Å². The molecule has 86 valence electrons. The van der Waals surface area contributed by atoms with Crippen molar-refractivity contribution in [2.75, 3.05) is 6.54 Å². The van der Waals surface area contributed by atoms with Gasteiger partial charge in [0.15, 0.2) is 0 Å². The molecule has 0 radical (unpaired) electrons. The second kappa shape index (κ2) is 7.26. The fourth-order valence-electron chi connectivity index (χ4n) is 1.87. The number of urea groups is 1. The second-order valence-electron chi connectivity index (χ2n) is 4.04. The van der Waals surface area contributed by atoms with Crippen LogP contribution in [0.1, 0.15) is 44.9 Å². The summed E-state index contributed by atoms with van der Waals surface area (Å²) in [5.41, 5.74) is 0. The summed E-state index contributed by atoms with van der Waals surface area (Å²) in [7, 11) is 0. The first kappa shape index (κ1) is 12.0. The van der Waals surface area contributed by atoms with E-state index in [4.69, 9.17) is 0 Å². The Morgan fingerprint density at radius 2 is 2.00 bits per heavy atom. The van der Waals surface area contributed by atoms with Gasteiger partial charge in [-0.25, -0.2) is 4.79 Å². The lowest BCUT2D eigenvalue weighted by Crippen LogP contribution is -2.43. The minimum absolute atomic E-state index is 0.0900. The number of unbranched alkanes of at least 4 members (excludes halogenated alkanes) is 1. The zero-order valence-electron chi connectivity index (χ0n) is 9.13. The van der Waals surface area contributed by atoms with Gasteiger partial charge in [-0.2, -0.15) is 0 Å². The predicted octanol–water partition coefficient (Wildman–Crippen LogP) is 1.60. The van der Waals surface area contributed by atoms with Gasteiger partial charge >= 0.3 is 6.03 Å². The maximum atomic E-state index is 11.4. The summed E-state index contributed by atoms with van der Waals surface area (Å²) in [6.07, 6.45) is 8.04. The van der Waals surface area contributed by atoms with Crippen molar-refractivity contribution in [1.82, 2.24) is 10.6 Å². The summed E-state index contributed by atoms with van der Waals surface area (Å²) < 4.78 is 0. The van der Waals surface area contributed by atoms with Crippen molar-refractivity contribution < 1.29 is 9.59 Å². The molecule has 0 aliphatic heterocycles. The monoisotopic (exact) mass is 212 g/mol. The van der Waals surface area contributed by atoms with Crippen molar-refractivity contribution in [2.45, 2.75) is 51.0 Å². The summed E-state index contributed by atoms with van der Waals surface area (Å²) >= 11 is 0. The van der Waals surface area contributed by atoms with E-state index in [1.54, 1.807) is 0 Å². The maximum absolute atomic E-state index is 11.4. The third-order valence-corrected chi connectivity index (χ3v) is 2.72. The molecule has 1 saturated carbocycles. The zero-order valence-corrected chi connectivity index (χ0v) is 9.13. The van der Waals surface area contributed by atoms with E-state index in [-0.39, 0.29) is 6.03 Å². The average molecular weight is 212 g/mol. The fourth-order valence-corrected chi connectivity index (χ4v) is 1.87. The van der Waals surface area contributed by atoms with Crippen LogP contribution in [-0.4, -0.2) is 24.9 Å². The van der Waals surface area contributed by atoms with E-state index in [0.717, 1.165) is 25.5 Å². The second-order valence-corrected chi connectivity index (χ2v) is 4.04. The molecule has 2 N–H and O–H groups in total. The van der Waals surface area contributed by atoms with Gasteiger partial charge in [0.1, 0.15) is 6.29 Å². The van der Waals surface area contributed by atoms with Crippen LogP contribution in [0.5, 0.6) is 0 Å². The molecule has 0 heterocycles. The molecule has 0 aromatic rings. The summed E-state index contributed by atoms with van der Waals surface area (Å²) in [6, 6.07) is 0.262. The van der Waals surface area contributed by atoms with Crippen LogP contribution in [0.2, 0.25) is 0 Å². The Balaban J connectivity index is 2.04. The van der Waals surface area contributed by atoms with E-state index < -0.39 is 0 Å². The number of hydrogen-bond donors (Lipinski definition) is 2. The number of carbonyl (C=O) groups excluding carboxylic acids is 2. The van der Waals surface area contributed by atoms with E-state index in [2.05, 4.69) is 10.6 Å². The third kappa shape index (κ3) is 5.40. The van der Waals surface area contributed by atoms with Crippen molar-refractivity contribution in [2.24, 2.45) is 0 Å². The first-order valence-electron chi connectivity index (χ1n) is 5.81. The topological polar surface area (TPSA) is 58.2 Å². The molecule has 15 heavy (non-hydrogen) atoms. The molecule has 1 rings (SSSR count). The van der Waals surface area contributed by atoms with Gasteiger partial charge in [0.05, 0.1) is 0 Å². The summed E-state index contributed by atoms with van der Waals surface area (Å²) in [5, 5.41) is 5.71. The number of aldehydes is 1. The van der Waals surface area contributed by atoms with E-state index in [9.17, 15) is 9.59 Å². The standard InChI is InChI=1S/C11H20N2O2/c14-9-5-4-8-12-11(15)13-10-6-2-1-3-7-10/h9-10H,1-8H2,(H2,12,13,15). The van der Waals surface area contributed by atoms with Crippen molar-refractivity contribution in [3.63, 3.8) is 0 Å². The summed E-state index contributed by atoms with van der Waals surface area (Å²) in [6.45, 7) is 0.581. The first-order chi connectivity index (χ1) is 7.33. The van der Waals surface area contributed by atoms with Crippen LogP contribution < -0.4 is 10.6 Å². The molecule has 4 nitrogen and oxygen atoms in total. The Hall–Kier alpha value is -1.06. The van der Waals surface area contributed by atoms with E-state index in [0.29, 0.717) is 19.0 Å². The highest BCUT2D eigenvalue weighted by Crippen LogP contribution is 2.16. The van der Waals surface area contributed by atoms with Gasteiger partial charge < -0.3 is 15.4 Å². The Bertz CT molecular complexity index is 201. The molecule has 4 heteroatoms. The van der Waals surface area contributed by atoms with Gasteiger partial charge in [0.25, 0.3) is 0 Å². The molecule has 0 aromatic heterocycles. The molecule has 1 aliphatic carbocycles. The number of carbonyl (C=O) groups is 2. The van der Waals surface area contributed by atoms with E-state index >= 15 is 0 Å². The highest BCUT2D eigenvalue weighted by molar-refractivity contribution is 5.74. The van der Waals surface area contributed by atoms with Gasteiger partial charge in [0, 0.05) is 19.0 Å². The molecule has 1 fully saturated rings. The molecule has 0 unspecified atom stereocenters. The molecule has 0 atom stereocenters. The van der Waals surface area contributed by atoms with Crippen LogP contribution in [-0.2, 0) is 4.79 Å². The van der Waals surface area contributed by atoms with Crippen LogP contribution in [0, 0.1) is 0 Å². The summed E-state index contributed by atoms with van der Waals surface area (Å²) in [4.78, 5) is 21.4. The molecule has 0 aromatic carbocycles. The Morgan fingerprint density at radius 1 is 1.27 bits per heavy atom. The maximum Gasteiger partial charge on any atom is 0.315 e. The molecular weight excluding hydrogens is 192 g/mol. The van der Waals surface area contributed by atoms with Crippen LogP contribution in [0.15, 0.2) is 0 Å². The van der Waals surface area contributed by atoms with Crippen LogP contribution in [0.3, 0.4) is 0 Å². The molecule has 1 aliphatic rings. The molecule has 0 bridgehead atoms. The van der Waals surface area contributed by atoms with Crippen LogP contribution in [0.4, 0.5) is 4.79 Å². The van der Waals surface area contributed by atoms with Crippen molar-refractivity contribution in [3.05, 3.63) is 0 Å². The predicted molar refractivity (Wildman–Crippen MR) is 58.7 cm³/mol. The smallest absolute Gasteiger partial charge is 0.315 e. The van der Waals surface area contributed by atoms with Crippen LogP contribution in [0.25, 0.3) is 0 Å². The molecule has 0 saturated heterocycles. The average Bonchev–Trinajstić information content (AvgIpc) is 2.26. The lowest BCUT2D eigenvalue weighted by atomic mass is 9.96. The number of hydrogen-bond acceptors (Lipinski definition) is 2. The molecule has 0 spiro atoms. The quantitative estimate of drug-likeness (QED) is 0.537. The zero-order chi connectivity index (χ0) is 10.9. The van der Waals surface area contributed by atoms with E-state index in [1.807, 2.05) is 0 Å². The number of rotatable bonds is 5. The van der Waals surface area contributed by atoms with Gasteiger partial charge in [-0.05, 0) is 19.3 Å². The normalized spacial score (nSPS) is 17.1. The van der Waals surface area contributed by atoms with E-state index in [1.165, 1.54) is 19.3 Å². The Kier molecular flexibility index (Phi) is 5.81. The van der Waals surface area contributed by atoms with Crippen LogP contribution >= 0.6 is 0 Å². The summed E-state index contributed by atoms with van der Waals surface area (Å²) in [5.74, 6) is 0. The number of amides is 2. The lowest BCUT2D eigenvalue weighted by molar-refractivity contribution is -0.107. The minimum atomic E-state index is -0.0900. The van der Waals surface area contributed by atoms with Gasteiger partial charge in [-0.3, -0.25) is 0 Å².